The predicted octanol–water partition coefficient (Wildman–Crippen LogP) is 1.25. The quantitative estimate of drug-likeness (QED) is 0.755. The zero-order chi connectivity index (χ0) is 12.2. The third-order valence-electron chi connectivity index (χ3n) is 2.46. The number of aliphatic hydroxyl groups is 1. The van der Waals surface area contributed by atoms with Crippen LogP contribution in [0.3, 0.4) is 0 Å². The van der Waals surface area contributed by atoms with Crippen molar-refractivity contribution >= 4 is 5.97 Å². The van der Waals surface area contributed by atoms with Crippen LogP contribution in [-0.2, 0) is 16.0 Å². The van der Waals surface area contributed by atoms with Gasteiger partial charge in [-0.2, -0.15) is 0 Å². The summed E-state index contributed by atoms with van der Waals surface area (Å²) in [4.78, 5) is 11.2. The Morgan fingerprint density at radius 2 is 1.94 bits per heavy atom. The summed E-state index contributed by atoms with van der Waals surface area (Å²) in [5.74, 6) is -0.435. The molecule has 1 atom stereocenters. The van der Waals surface area contributed by atoms with Crippen LogP contribution in [0.4, 0.5) is 0 Å². The number of esters is 1. The zero-order valence-electron chi connectivity index (χ0n) is 9.43. The van der Waals surface area contributed by atoms with Gasteiger partial charge in [0.15, 0.2) is 5.60 Å². The first-order valence-corrected chi connectivity index (χ1v) is 5.04. The zero-order valence-corrected chi connectivity index (χ0v) is 9.43. The van der Waals surface area contributed by atoms with Crippen molar-refractivity contribution in [2.75, 3.05) is 7.11 Å². The topological polar surface area (TPSA) is 66.8 Å². The molecule has 1 unspecified atom stereocenters. The fourth-order valence-electron chi connectivity index (χ4n) is 1.37. The molecule has 88 valence electrons. The van der Waals surface area contributed by atoms with Gasteiger partial charge in [-0.1, -0.05) is 12.1 Å². The number of ether oxygens (including phenoxy) is 1. The number of hydrogen-bond acceptors (Lipinski definition) is 4. The molecule has 16 heavy (non-hydrogen) atoms. The second-order valence-electron chi connectivity index (χ2n) is 3.93. The highest BCUT2D eigenvalue weighted by Gasteiger charge is 2.30. The monoisotopic (exact) mass is 224 g/mol. The highest BCUT2D eigenvalue weighted by molar-refractivity contribution is 5.78. The van der Waals surface area contributed by atoms with Crippen molar-refractivity contribution in [1.29, 1.82) is 0 Å². The number of aryl methyl sites for hydroxylation is 1. The summed E-state index contributed by atoms with van der Waals surface area (Å²) >= 11 is 0. The molecule has 1 aromatic rings. The SMILES string of the molecule is COC(=O)C(C)(O)CCc1ccc(O)cc1. The highest BCUT2D eigenvalue weighted by Crippen LogP contribution is 2.17. The summed E-state index contributed by atoms with van der Waals surface area (Å²) in [6, 6.07) is 6.65. The van der Waals surface area contributed by atoms with Gasteiger partial charge in [-0.3, -0.25) is 0 Å². The smallest absolute Gasteiger partial charge is 0.337 e. The van der Waals surface area contributed by atoms with E-state index in [9.17, 15) is 9.90 Å². The lowest BCUT2D eigenvalue weighted by Gasteiger charge is -2.19. The Morgan fingerprint density at radius 1 is 1.38 bits per heavy atom. The lowest BCUT2D eigenvalue weighted by molar-refractivity contribution is -0.161. The number of methoxy groups -OCH3 is 1. The van der Waals surface area contributed by atoms with Crippen molar-refractivity contribution in [3.8, 4) is 5.75 Å². The minimum atomic E-state index is -1.47. The number of carbonyl (C=O) groups excluding carboxylic acids is 1. The number of rotatable bonds is 4. The van der Waals surface area contributed by atoms with E-state index in [4.69, 9.17) is 5.11 Å². The molecule has 0 radical (unpaired) electrons. The Kier molecular flexibility index (Phi) is 3.90. The summed E-state index contributed by atoms with van der Waals surface area (Å²) in [6.45, 7) is 1.43. The normalized spacial score (nSPS) is 14.2. The Bertz CT molecular complexity index is 354. The number of hydrogen-bond donors (Lipinski definition) is 2. The molecule has 0 saturated heterocycles. The van der Waals surface area contributed by atoms with E-state index in [1.807, 2.05) is 0 Å². The molecule has 1 aromatic carbocycles. The second kappa shape index (κ2) is 4.99. The van der Waals surface area contributed by atoms with E-state index in [0.29, 0.717) is 6.42 Å². The standard InChI is InChI=1S/C12H16O4/c1-12(15,11(14)16-2)8-7-9-3-5-10(13)6-4-9/h3-6,13,15H,7-8H2,1-2H3. The van der Waals surface area contributed by atoms with Crippen molar-refractivity contribution in [2.45, 2.75) is 25.4 Å². The van der Waals surface area contributed by atoms with Crippen LogP contribution in [0.15, 0.2) is 24.3 Å². The van der Waals surface area contributed by atoms with Crippen LogP contribution in [0.5, 0.6) is 5.75 Å². The van der Waals surface area contributed by atoms with E-state index >= 15 is 0 Å². The lowest BCUT2D eigenvalue weighted by atomic mass is 9.97. The van der Waals surface area contributed by atoms with Crippen LogP contribution in [0, 0.1) is 0 Å². The van der Waals surface area contributed by atoms with Gasteiger partial charge in [0.25, 0.3) is 0 Å². The molecule has 0 aliphatic carbocycles. The van der Waals surface area contributed by atoms with Crippen molar-refractivity contribution < 1.29 is 19.7 Å². The predicted molar refractivity (Wildman–Crippen MR) is 59.1 cm³/mol. The van der Waals surface area contributed by atoms with E-state index in [1.54, 1.807) is 24.3 Å². The third kappa shape index (κ3) is 3.24. The van der Waals surface area contributed by atoms with Gasteiger partial charge in [-0.15, -0.1) is 0 Å². The lowest BCUT2D eigenvalue weighted by Crippen LogP contribution is -2.36. The van der Waals surface area contributed by atoms with Crippen molar-refractivity contribution in [1.82, 2.24) is 0 Å². The minimum absolute atomic E-state index is 0.198. The molecule has 0 aromatic heterocycles. The summed E-state index contributed by atoms with van der Waals surface area (Å²) < 4.78 is 4.49. The number of benzene rings is 1. The molecular formula is C12H16O4. The molecule has 0 fully saturated rings. The van der Waals surface area contributed by atoms with Gasteiger partial charge >= 0.3 is 5.97 Å². The van der Waals surface area contributed by atoms with Crippen molar-refractivity contribution in [2.24, 2.45) is 0 Å². The van der Waals surface area contributed by atoms with Gasteiger partial charge in [0.2, 0.25) is 0 Å². The number of phenols is 1. The molecule has 0 saturated carbocycles. The van der Waals surface area contributed by atoms with Crippen LogP contribution in [0.1, 0.15) is 18.9 Å². The molecule has 0 heterocycles. The average Bonchev–Trinajstić information content (AvgIpc) is 2.27. The summed E-state index contributed by atoms with van der Waals surface area (Å²) in [7, 11) is 1.25. The summed E-state index contributed by atoms with van der Waals surface area (Å²) in [5, 5.41) is 18.9. The van der Waals surface area contributed by atoms with E-state index in [-0.39, 0.29) is 12.2 Å². The van der Waals surface area contributed by atoms with Crippen LogP contribution in [0.25, 0.3) is 0 Å². The van der Waals surface area contributed by atoms with Crippen LogP contribution in [0.2, 0.25) is 0 Å². The Labute approximate surface area is 94.5 Å². The minimum Gasteiger partial charge on any atom is -0.508 e. The highest BCUT2D eigenvalue weighted by atomic mass is 16.5. The summed E-state index contributed by atoms with van der Waals surface area (Å²) in [6.07, 6.45) is 0.826. The molecular weight excluding hydrogens is 208 g/mol. The molecule has 0 aliphatic rings. The number of carbonyl (C=O) groups is 1. The van der Waals surface area contributed by atoms with Crippen LogP contribution < -0.4 is 0 Å². The first-order valence-electron chi connectivity index (χ1n) is 5.04. The van der Waals surface area contributed by atoms with E-state index < -0.39 is 11.6 Å². The van der Waals surface area contributed by atoms with Gasteiger partial charge in [-0.05, 0) is 37.5 Å². The molecule has 0 amide bonds. The average molecular weight is 224 g/mol. The van der Waals surface area contributed by atoms with Gasteiger partial charge in [0.1, 0.15) is 5.75 Å². The first-order chi connectivity index (χ1) is 7.45. The summed E-state index contributed by atoms with van der Waals surface area (Å²) in [5.41, 5.74) is -0.519. The molecule has 1 rings (SSSR count). The molecule has 4 nitrogen and oxygen atoms in total. The maximum Gasteiger partial charge on any atom is 0.337 e. The van der Waals surface area contributed by atoms with Crippen LogP contribution in [-0.4, -0.2) is 28.9 Å². The number of phenolic OH excluding ortho intramolecular Hbond substituents is 1. The number of aromatic hydroxyl groups is 1. The maximum absolute atomic E-state index is 11.2. The van der Waals surface area contributed by atoms with Crippen LogP contribution >= 0.6 is 0 Å². The molecule has 0 bridgehead atoms. The largest absolute Gasteiger partial charge is 0.508 e. The Hall–Kier alpha value is -1.55. The molecule has 4 heteroatoms. The van der Waals surface area contributed by atoms with Gasteiger partial charge in [0.05, 0.1) is 7.11 Å². The fourth-order valence-corrected chi connectivity index (χ4v) is 1.37. The van der Waals surface area contributed by atoms with E-state index in [1.165, 1.54) is 14.0 Å². The molecule has 0 aliphatic heterocycles. The Balaban J connectivity index is 2.57. The first kappa shape index (κ1) is 12.5. The second-order valence-corrected chi connectivity index (χ2v) is 3.93. The molecule has 0 spiro atoms. The Morgan fingerprint density at radius 3 is 2.44 bits per heavy atom. The van der Waals surface area contributed by atoms with Gasteiger partial charge in [0, 0.05) is 0 Å². The van der Waals surface area contributed by atoms with E-state index in [0.717, 1.165) is 5.56 Å². The fraction of sp³-hybridized carbons (Fsp3) is 0.417. The maximum atomic E-state index is 11.2. The van der Waals surface area contributed by atoms with E-state index in [2.05, 4.69) is 4.74 Å². The van der Waals surface area contributed by atoms with Gasteiger partial charge < -0.3 is 14.9 Å². The van der Waals surface area contributed by atoms with Gasteiger partial charge in [-0.25, -0.2) is 4.79 Å². The molecule has 2 N–H and O–H groups in total. The van der Waals surface area contributed by atoms with Crippen molar-refractivity contribution in [3.63, 3.8) is 0 Å². The van der Waals surface area contributed by atoms with Crippen molar-refractivity contribution in [3.05, 3.63) is 29.8 Å². The third-order valence-corrected chi connectivity index (χ3v) is 2.46.